The van der Waals surface area contributed by atoms with Gasteiger partial charge in [-0.1, -0.05) is 11.2 Å². The van der Waals surface area contributed by atoms with Gasteiger partial charge in [-0.2, -0.15) is 0 Å². The van der Waals surface area contributed by atoms with Crippen LogP contribution in [0.4, 0.5) is 8.78 Å². The highest BCUT2D eigenvalue weighted by Crippen LogP contribution is 2.41. The largest absolute Gasteiger partial charge is 0.493 e. The highest BCUT2D eigenvalue weighted by molar-refractivity contribution is 5.77. The van der Waals surface area contributed by atoms with Crippen molar-refractivity contribution in [1.82, 2.24) is 5.16 Å². The van der Waals surface area contributed by atoms with Gasteiger partial charge in [0.2, 0.25) is 0 Å². The lowest BCUT2D eigenvalue weighted by atomic mass is 10.0. The number of ether oxygens (including phenoxy) is 2. The number of aromatic nitrogens is 1. The Hall–Kier alpha value is -2.93. The van der Waals surface area contributed by atoms with Crippen molar-refractivity contribution in [1.29, 1.82) is 0 Å². The molecule has 130 valence electrons. The summed E-state index contributed by atoms with van der Waals surface area (Å²) in [6.45, 7) is -0.438. The van der Waals surface area contributed by atoms with E-state index in [0.29, 0.717) is 17.1 Å². The number of hydrogen-bond donors (Lipinski definition) is 1. The Kier molecular flexibility index (Phi) is 4.67. The lowest BCUT2D eigenvalue weighted by Gasteiger charge is -2.11. The number of hydrogen-bond acceptors (Lipinski definition) is 5. The molecule has 0 saturated carbocycles. The van der Waals surface area contributed by atoms with Gasteiger partial charge in [-0.3, -0.25) is 0 Å². The summed E-state index contributed by atoms with van der Waals surface area (Å²) < 4.78 is 43.0. The molecule has 0 saturated heterocycles. The zero-order chi connectivity index (χ0) is 18.0. The Morgan fingerprint density at radius 2 is 1.80 bits per heavy atom. The number of para-hydroxylation sites is 1. The molecule has 5 nitrogen and oxygen atoms in total. The summed E-state index contributed by atoms with van der Waals surface area (Å²) in [5, 5.41) is 13.7. The van der Waals surface area contributed by atoms with Gasteiger partial charge in [0.25, 0.3) is 0 Å². The first kappa shape index (κ1) is 16.9. The van der Waals surface area contributed by atoms with Crippen LogP contribution in [-0.2, 0) is 6.61 Å². The first-order chi connectivity index (χ1) is 12.1. The van der Waals surface area contributed by atoms with Gasteiger partial charge >= 0.3 is 0 Å². The molecule has 0 aliphatic carbocycles. The van der Waals surface area contributed by atoms with Crippen LogP contribution in [0, 0.1) is 11.6 Å². The van der Waals surface area contributed by atoms with Crippen LogP contribution in [0.15, 0.2) is 40.9 Å². The second kappa shape index (κ2) is 6.90. The molecule has 3 aromatic rings. The molecule has 0 amide bonds. The maximum atomic E-state index is 13.5. The zero-order valence-corrected chi connectivity index (χ0v) is 13.5. The Bertz CT molecular complexity index is 888. The Balaban J connectivity index is 2.19. The quantitative estimate of drug-likeness (QED) is 0.761. The summed E-state index contributed by atoms with van der Waals surface area (Å²) in [6.07, 6.45) is 0. The minimum Gasteiger partial charge on any atom is -0.493 e. The molecule has 0 atom stereocenters. The van der Waals surface area contributed by atoms with Crippen LogP contribution >= 0.6 is 0 Å². The first-order valence-electron chi connectivity index (χ1n) is 7.36. The summed E-state index contributed by atoms with van der Waals surface area (Å²) in [4.78, 5) is 0. The SMILES string of the molecule is COc1cccc(-c2onc(-c3cc(F)cc(F)c3)c2CO)c1OC. The third-order valence-corrected chi connectivity index (χ3v) is 3.73. The average Bonchev–Trinajstić information content (AvgIpc) is 3.03. The fraction of sp³-hybridized carbons (Fsp3) is 0.167. The van der Waals surface area contributed by atoms with Crippen LogP contribution in [-0.4, -0.2) is 24.5 Å². The van der Waals surface area contributed by atoms with E-state index in [-0.39, 0.29) is 22.6 Å². The highest BCUT2D eigenvalue weighted by Gasteiger charge is 2.23. The van der Waals surface area contributed by atoms with Crippen molar-refractivity contribution in [3.8, 4) is 34.1 Å². The van der Waals surface area contributed by atoms with Crippen LogP contribution in [0.5, 0.6) is 11.5 Å². The molecule has 0 spiro atoms. The summed E-state index contributed by atoms with van der Waals surface area (Å²) in [5.74, 6) is -0.394. The molecule has 2 aromatic carbocycles. The molecule has 0 aliphatic rings. The second-order valence-electron chi connectivity index (χ2n) is 5.20. The van der Waals surface area contributed by atoms with E-state index < -0.39 is 18.2 Å². The smallest absolute Gasteiger partial charge is 0.176 e. The monoisotopic (exact) mass is 347 g/mol. The number of aliphatic hydroxyl groups is 1. The number of aliphatic hydroxyl groups excluding tert-OH is 1. The topological polar surface area (TPSA) is 64.7 Å². The zero-order valence-electron chi connectivity index (χ0n) is 13.5. The van der Waals surface area contributed by atoms with Crippen molar-refractivity contribution in [2.24, 2.45) is 0 Å². The van der Waals surface area contributed by atoms with E-state index in [9.17, 15) is 13.9 Å². The third-order valence-electron chi connectivity index (χ3n) is 3.73. The molecule has 7 heteroatoms. The predicted octanol–water partition coefficient (Wildman–Crippen LogP) is 3.80. The molecule has 0 aliphatic heterocycles. The van der Waals surface area contributed by atoms with Crippen LogP contribution < -0.4 is 9.47 Å². The lowest BCUT2D eigenvalue weighted by molar-refractivity contribution is 0.281. The maximum Gasteiger partial charge on any atom is 0.176 e. The molecule has 3 rings (SSSR count). The normalized spacial score (nSPS) is 10.8. The minimum atomic E-state index is -0.748. The number of rotatable bonds is 5. The van der Waals surface area contributed by atoms with Crippen molar-refractivity contribution >= 4 is 0 Å². The molecule has 0 fully saturated rings. The van der Waals surface area contributed by atoms with E-state index in [0.717, 1.165) is 18.2 Å². The van der Waals surface area contributed by atoms with E-state index in [2.05, 4.69) is 5.16 Å². The van der Waals surface area contributed by atoms with E-state index in [1.807, 2.05) is 0 Å². The average molecular weight is 347 g/mol. The first-order valence-corrected chi connectivity index (χ1v) is 7.36. The summed E-state index contributed by atoms with van der Waals surface area (Å²) >= 11 is 0. The van der Waals surface area contributed by atoms with Crippen molar-refractivity contribution < 1.29 is 27.9 Å². The van der Waals surface area contributed by atoms with Gasteiger partial charge in [-0.05, 0) is 24.3 Å². The van der Waals surface area contributed by atoms with Crippen molar-refractivity contribution in [3.05, 3.63) is 53.6 Å². The van der Waals surface area contributed by atoms with Gasteiger partial charge in [-0.25, -0.2) is 8.78 Å². The highest BCUT2D eigenvalue weighted by atomic mass is 19.1. The van der Waals surface area contributed by atoms with E-state index >= 15 is 0 Å². The van der Waals surface area contributed by atoms with E-state index in [1.165, 1.54) is 14.2 Å². The van der Waals surface area contributed by atoms with Gasteiger partial charge in [0.15, 0.2) is 17.3 Å². The molecule has 0 bridgehead atoms. The Morgan fingerprint density at radius 3 is 2.40 bits per heavy atom. The lowest BCUT2D eigenvalue weighted by Crippen LogP contribution is -1.95. The molecule has 0 radical (unpaired) electrons. The van der Waals surface area contributed by atoms with E-state index in [1.54, 1.807) is 18.2 Å². The molecule has 1 aromatic heterocycles. The second-order valence-corrected chi connectivity index (χ2v) is 5.20. The maximum absolute atomic E-state index is 13.5. The molecule has 0 unspecified atom stereocenters. The van der Waals surface area contributed by atoms with Crippen molar-refractivity contribution in [2.75, 3.05) is 14.2 Å². The van der Waals surface area contributed by atoms with Gasteiger partial charge in [0.1, 0.15) is 17.3 Å². The number of benzene rings is 2. The van der Waals surface area contributed by atoms with Crippen LogP contribution in [0.1, 0.15) is 5.56 Å². The van der Waals surface area contributed by atoms with Crippen LogP contribution in [0.3, 0.4) is 0 Å². The fourth-order valence-corrected chi connectivity index (χ4v) is 2.65. The molecule has 25 heavy (non-hydrogen) atoms. The van der Waals surface area contributed by atoms with Gasteiger partial charge in [0.05, 0.1) is 32.0 Å². The molecular weight excluding hydrogens is 332 g/mol. The molecular formula is C18H15F2NO4. The number of methoxy groups -OCH3 is 2. The minimum absolute atomic E-state index is 0.153. The fourth-order valence-electron chi connectivity index (χ4n) is 2.65. The van der Waals surface area contributed by atoms with Gasteiger partial charge in [0, 0.05) is 11.6 Å². The van der Waals surface area contributed by atoms with Gasteiger partial charge < -0.3 is 19.1 Å². The van der Waals surface area contributed by atoms with Gasteiger partial charge in [-0.15, -0.1) is 0 Å². The summed E-state index contributed by atoms with van der Waals surface area (Å²) in [5.41, 5.74) is 1.11. The third kappa shape index (κ3) is 3.06. The van der Waals surface area contributed by atoms with Crippen LogP contribution in [0.25, 0.3) is 22.6 Å². The van der Waals surface area contributed by atoms with Crippen molar-refractivity contribution in [2.45, 2.75) is 6.61 Å². The summed E-state index contributed by atoms with van der Waals surface area (Å²) in [6, 6.07) is 8.13. The van der Waals surface area contributed by atoms with Crippen molar-refractivity contribution in [3.63, 3.8) is 0 Å². The van der Waals surface area contributed by atoms with Crippen LogP contribution in [0.2, 0.25) is 0 Å². The Labute approximate surface area is 142 Å². The predicted molar refractivity (Wildman–Crippen MR) is 86.3 cm³/mol. The van der Waals surface area contributed by atoms with E-state index in [4.69, 9.17) is 14.0 Å². The number of halogens is 2. The standard InChI is InChI=1S/C18H15F2NO4/c1-23-15-5-3-4-13(18(15)24-2)17-14(9-22)16(21-25-17)10-6-11(19)8-12(20)7-10/h3-8,22H,9H2,1-2H3. The Morgan fingerprint density at radius 1 is 1.08 bits per heavy atom. The molecule has 1 N–H and O–H groups in total. The number of nitrogens with zero attached hydrogens (tertiary/aromatic N) is 1. The molecule has 1 heterocycles. The summed E-state index contributed by atoms with van der Waals surface area (Å²) in [7, 11) is 2.97.